The number of carbonyl (C=O) groups is 1. The maximum atomic E-state index is 12.0. The third kappa shape index (κ3) is 6.20. The Morgan fingerprint density at radius 1 is 1.17 bits per heavy atom. The van der Waals surface area contributed by atoms with Gasteiger partial charge in [-0.2, -0.15) is 0 Å². The molecule has 0 saturated carbocycles. The molecule has 0 unspecified atom stereocenters. The molecule has 0 radical (unpaired) electrons. The molecule has 5 heteroatoms. The first-order chi connectivity index (χ1) is 11.2. The van der Waals surface area contributed by atoms with E-state index in [1.807, 2.05) is 18.2 Å². The van der Waals surface area contributed by atoms with Crippen molar-refractivity contribution in [1.82, 2.24) is 15.1 Å². The molecule has 0 atom stereocenters. The summed E-state index contributed by atoms with van der Waals surface area (Å²) < 4.78 is 5.14. The molecule has 5 nitrogen and oxygen atoms in total. The number of hydrogen-bond donors (Lipinski definition) is 1. The first-order valence-corrected chi connectivity index (χ1v) is 8.52. The number of unbranched alkanes of at least 4 members (excludes halogenated alkanes) is 2. The highest BCUT2D eigenvalue weighted by molar-refractivity contribution is 5.94. The summed E-state index contributed by atoms with van der Waals surface area (Å²) in [7, 11) is 3.79. The highest BCUT2D eigenvalue weighted by atomic mass is 16.5. The molecule has 1 aromatic carbocycles. The largest absolute Gasteiger partial charge is 0.497 e. The monoisotopic (exact) mass is 319 g/mol. The lowest BCUT2D eigenvalue weighted by Crippen LogP contribution is -2.44. The van der Waals surface area contributed by atoms with Gasteiger partial charge in [-0.1, -0.05) is 12.5 Å². The molecule has 1 heterocycles. The predicted octanol–water partition coefficient (Wildman–Crippen LogP) is 1.84. The molecule has 128 valence electrons. The summed E-state index contributed by atoms with van der Waals surface area (Å²) in [5.41, 5.74) is 0.654. The van der Waals surface area contributed by atoms with Crippen LogP contribution in [0, 0.1) is 0 Å². The van der Waals surface area contributed by atoms with E-state index in [4.69, 9.17) is 4.74 Å². The van der Waals surface area contributed by atoms with Crippen LogP contribution < -0.4 is 10.1 Å². The average molecular weight is 319 g/mol. The van der Waals surface area contributed by atoms with E-state index in [1.54, 1.807) is 13.2 Å². The first-order valence-electron chi connectivity index (χ1n) is 8.52. The van der Waals surface area contributed by atoms with E-state index in [9.17, 15) is 4.79 Å². The number of benzene rings is 1. The van der Waals surface area contributed by atoms with E-state index in [-0.39, 0.29) is 5.91 Å². The number of nitrogens with zero attached hydrogens (tertiary/aromatic N) is 2. The number of amides is 1. The Kier molecular flexibility index (Phi) is 7.36. The minimum atomic E-state index is -0.0250. The van der Waals surface area contributed by atoms with Crippen molar-refractivity contribution >= 4 is 5.91 Å². The van der Waals surface area contributed by atoms with Gasteiger partial charge in [-0.3, -0.25) is 4.79 Å². The molecule has 23 heavy (non-hydrogen) atoms. The maximum absolute atomic E-state index is 12.0. The fourth-order valence-corrected chi connectivity index (χ4v) is 2.78. The SMILES string of the molecule is COc1cccc(C(=O)NCCCCCN2CCN(C)CC2)c1. The van der Waals surface area contributed by atoms with Crippen molar-refractivity contribution < 1.29 is 9.53 Å². The molecule has 0 aliphatic carbocycles. The molecule has 1 fully saturated rings. The van der Waals surface area contributed by atoms with Gasteiger partial charge in [-0.25, -0.2) is 0 Å². The lowest BCUT2D eigenvalue weighted by atomic mass is 10.2. The van der Waals surface area contributed by atoms with Gasteiger partial charge in [0.05, 0.1) is 7.11 Å². The number of carbonyl (C=O) groups excluding carboxylic acids is 1. The van der Waals surface area contributed by atoms with E-state index in [2.05, 4.69) is 22.2 Å². The van der Waals surface area contributed by atoms with Gasteiger partial charge < -0.3 is 19.9 Å². The molecule has 1 N–H and O–H groups in total. The van der Waals surface area contributed by atoms with E-state index >= 15 is 0 Å². The van der Waals surface area contributed by atoms with Crippen molar-refractivity contribution in [3.63, 3.8) is 0 Å². The molecule has 1 aromatic rings. The zero-order valence-electron chi connectivity index (χ0n) is 14.4. The Morgan fingerprint density at radius 2 is 1.96 bits per heavy atom. The van der Waals surface area contributed by atoms with Gasteiger partial charge in [-0.05, 0) is 44.6 Å². The second-order valence-corrected chi connectivity index (χ2v) is 6.19. The molecule has 1 amide bonds. The summed E-state index contributed by atoms with van der Waals surface area (Å²) >= 11 is 0. The summed E-state index contributed by atoms with van der Waals surface area (Å²) in [6.45, 7) is 6.63. The summed E-state index contributed by atoms with van der Waals surface area (Å²) in [5, 5.41) is 2.98. The van der Waals surface area contributed by atoms with E-state index in [0.717, 1.165) is 19.4 Å². The van der Waals surface area contributed by atoms with Crippen LogP contribution >= 0.6 is 0 Å². The smallest absolute Gasteiger partial charge is 0.251 e. The number of rotatable bonds is 8. The Bertz CT molecular complexity index is 485. The lowest BCUT2D eigenvalue weighted by molar-refractivity contribution is 0.0952. The van der Waals surface area contributed by atoms with Crippen molar-refractivity contribution in [2.75, 3.05) is 53.4 Å². The third-order valence-electron chi connectivity index (χ3n) is 4.36. The quantitative estimate of drug-likeness (QED) is 0.743. The van der Waals surface area contributed by atoms with Gasteiger partial charge in [0.15, 0.2) is 0 Å². The van der Waals surface area contributed by atoms with Crippen LogP contribution in [0.15, 0.2) is 24.3 Å². The second-order valence-electron chi connectivity index (χ2n) is 6.19. The zero-order chi connectivity index (χ0) is 16.5. The molecule has 1 aliphatic heterocycles. The number of ether oxygens (including phenoxy) is 1. The van der Waals surface area contributed by atoms with Crippen LogP contribution in [0.1, 0.15) is 29.6 Å². The minimum absolute atomic E-state index is 0.0250. The van der Waals surface area contributed by atoms with Gasteiger partial charge >= 0.3 is 0 Å². The third-order valence-corrected chi connectivity index (χ3v) is 4.36. The lowest BCUT2D eigenvalue weighted by Gasteiger charge is -2.32. The van der Waals surface area contributed by atoms with Crippen molar-refractivity contribution in [3.8, 4) is 5.75 Å². The standard InChI is InChI=1S/C18H29N3O2/c1-20-11-13-21(14-12-20)10-5-3-4-9-19-18(22)16-7-6-8-17(15-16)23-2/h6-8,15H,3-5,9-14H2,1-2H3,(H,19,22). The van der Waals surface area contributed by atoms with Crippen LogP contribution in [0.2, 0.25) is 0 Å². The highest BCUT2D eigenvalue weighted by Crippen LogP contribution is 2.12. The van der Waals surface area contributed by atoms with E-state index in [1.165, 1.54) is 39.1 Å². The maximum Gasteiger partial charge on any atom is 0.251 e. The topological polar surface area (TPSA) is 44.8 Å². The highest BCUT2D eigenvalue weighted by Gasteiger charge is 2.12. The summed E-state index contributed by atoms with van der Waals surface area (Å²) in [5.74, 6) is 0.688. The Morgan fingerprint density at radius 3 is 2.70 bits per heavy atom. The van der Waals surface area contributed by atoms with Crippen LogP contribution in [0.25, 0.3) is 0 Å². The Hall–Kier alpha value is -1.59. The molecule has 1 aliphatic rings. The van der Waals surface area contributed by atoms with Gasteiger partial charge in [0, 0.05) is 38.3 Å². The molecule has 1 saturated heterocycles. The minimum Gasteiger partial charge on any atom is -0.497 e. The van der Waals surface area contributed by atoms with Crippen LogP contribution in [-0.4, -0.2) is 69.1 Å². The fraction of sp³-hybridized carbons (Fsp3) is 0.611. The number of nitrogens with one attached hydrogen (secondary N) is 1. The van der Waals surface area contributed by atoms with Crippen LogP contribution in [0.4, 0.5) is 0 Å². The van der Waals surface area contributed by atoms with E-state index < -0.39 is 0 Å². The molecule has 0 bridgehead atoms. The zero-order valence-corrected chi connectivity index (χ0v) is 14.4. The molecule has 0 aromatic heterocycles. The van der Waals surface area contributed by atoms with Crippen LogP contribution in [-0.2, 0) is 0 Å². The molecular weight excluding hydrogens is 290 g/mol. The van der Waals surface area contributed by atoms with Crippen molar-refractivity contribution in [3.05, 3.63) is 29.8 Å². The second kappa shape index (κ2) is 9.53. The average Bonchev–Trinajstić information content (AvgIpc) is 2.59. The normalized spacial score (nSPS) is 16.3. The predicted molar refractivity (Wildman–Crippen MR) is 93.1 cm³/mol. The van der Waals surface area contributed by atoms with Crippen LogP contribution in [0.5, 0.6) is 5.75 Å². The van der Waals surface area contributed by atoms with Crippen molar-refractivity contribution in [2.45, 2.75) is 19.3 Å². The summed E-state index contributed by atoms with van der Waals surface area (Å²) in [4.78, 5) is 17.0. The van der Waals surface area contributed by atoms with Gasteiger partial charge in [-0.15, -0.1) is 0 Å². The Balaban J connectivity index is 1.55. The molecule has 2 rings (SSSR count). The Labute approximate surface area is 139 Å². The fourth-order valence-electron chi connectivity index (χ4n) is 2.78. The summed E-state index contributed by atoms with van der Waals surface area (Å²) in [6.07, 6.45) is 3.40. The van der Waals surface area contributed by atoms with Gasteiger partial charge in [0.1, 0.15) is 5.75 Å². The molecular formula is C18H29N3O2. The number of hydrogen-bond acceptors (Lipinski definition) is 4. The van der Waals surface area contributed by atoms with Gasteiger partial charge in [0.25, 0.3) is 5.91 Å². The van der Waals surface area contributed by atoms with Gasteiger partial charge in [0.2, 0.25) is 0 Å². The molecule has 0 spiro atoms. The summed E-state index contributed by atoms with van der Waals surface area (Å²) in [6, 6.07) is 7.26. The first kappa shape index (κ1) is 17.8. The number of methoxy groups -OCH3 is 1. The number of likely N-dealkylation sites (N-methyl/N-ethyl adjacent to an activating group) is 1. The van der Waals surface area contributed by atoms with Crippen LogP contribution in [0.3, 0.4) is 0 Å². The van der Waals surface area contributed by atoms with Crippen molar-refractivity contribution in [2.24, 2.45) is 0 Å². The van der Waals surface area contributed by atoms with E-state index in [0.29, 0.717) is 11.3 Å². The van der Waals surface area contributed by atoms with Crippen molar-refractivity contribution in [1.29, 1.82) is 0 Å². The number of piperazine rings is 1.